The van der Waals surface area contributed by atoms with Crippen LogP contribution >= 0.6 is 0 Å². The molecule has 0 fully saturated rings. The molecule has 2 heterocycles. The highest BCUT2D eigenvalue weighted by molar-refractivity contribution is 6.21. The van der Waals surface area contributed by atoms with E-state index in [1.54, 1.807) is 0 Å². The number of oxime groups is 1. The normalized spacial score (nSPS) is 12.0. The number of hydrogen-bond donors (Lipinski definition) is 1. The summed E-state index contributed by atoms with van der Waals surface area (Å²) in [5.74, 6) is 0.407. The number of hydrogen-bond acceptors (Lipinski definition) is 5. The molecular weight excluding hydrogens is 390 g/mol. The Morgan fingerprint density at radius 1 is 0.903 bits per heavy atom. The molecule has 0 aliphatic carbocycles. The van der Waals surface area contributed by atoms with Crippen molar-refractivity contribution in [2.75, 3.05) is 0 Å². The Balaban J connectivity index is 1.92. The van der Waals surface area contributed by atoms with E-state index in [4.69, 9.17) is 8.83 Å². The molecule has 0 saturated heterocycles. The number of benzene rings is 3. The van der Waals surface area contributed by atoms with Gasteiger partial charge in [0.05, 0.1) is 5.39 Å². The van der Waals surface area contributed by atoms with E-state index in [1.165, 1.54) is 6.07 Å². The van der Waals surface area contributed by atoms with Crippen LogP contribution in [0.2, 0.25) is 0 Å². The van der Waals surface area contributed by atoms with Crippen LogP contribution in [0.4, 0.5) is 0 Å². The first-order valence-corrected chi connectivity index (χ1v) is 9.91. The van der Waals surface area contributed by atoms with Crippen LogP contribution < -0.4 is 5.63 Å². The van der Waals surface area contributed by atoms with Crippen molar-refractivity contribution in [1.82, 2.24) is 0 Å². The van der Waals surface area contributed by atoms with E-state index < -0.39 is 5.63 Å². The Kier molecular flexibility index (Phi) is 4.44. The lowest BCUT2D eigenvalue weighted by Gasteiger charge is -2.07. The molecule has 152 valence electrons. The van der Waals surface area contributed by atoms with E-state index in [0.717, 1.165) is 22.1 Å². The molecule has 0 radical (unpaired) electrons. The lowest BCUT2D eigenvalue weighted by molar-refractivity contribution is 0.318. The van der Waals surface area contributed by atoms with Gasteiger partial charge in [0, 0.05) is 22.6 Å². The van der Waals surface area contributed by atoms with Crippen LogP contribution in [-0.2, 0) is 0 Å². The number of rotatable bonds is 3. The van der Waals surface area contributed by atoms with Crippen LogP contribution in [0, 0.1) is 13.8 Å². The summed E-state index contributed by atoms with van der Waals surface area (Å²) in [4.78, 5) is 12.2. The molecule has 31 heavy (non-hydrogen) atoms. The lowest BCUT2D eigenvalue weighted by Crippen LogP contribution is -2.04. The maximum absolute atomic E-state index is 12.2. The number of aryl methyl sites for hydroxylation is 2. The maximum atomic E-state index is 12.2. The molecule has 5 heteroatoms. The first-order valence-electron chi connectivity index (χ1n) is 9.91. The fraction of sp³-hybridized carbons (Fsp3) is 0.0769. The molecule has 0 amide bonds. The largest absolute Gasteiger partial charge is 0.453 e. The van der Waals surface area contributed by atoms with Crippen molar-refractivity contribution in [2.45, 2.75) is 13.8 Å². The van der Waals surface area contributed by atoms with E-state index in [-0.39, 0.29) is 0 Å². The zero-order valence-electron chi connectivity index (χ0n) is 17.0. The summed E-state index contributed by atoms with van der Waals surface area (Å²) >= 11 is 0. The molecule has 0 aliphatic heterocycles. The van der Waals surface area contributed by atoms with Gasteiger partial charge in [0.15, 0.2) is 11.5 Å². The Hall–Kier alpha value is -4.12. The van der Waals surface area contributed by atoms with E-state index in [0.29, 0.717) is 39.2 Å². The van der Waals surface area contributed by atoms with Gasteiger partial charge in [-0.05, 0) is 37.1 Å². The first-order chi connectivity index (χ1) is 15.1. The van der Waals surface area contributed by atoms with Gasteiger partial charge in [-0.3, -0.25) is 0 Å². The quantitative estimate of drug-likeness (QED) is 0.170. The highest BCUT2D eigenvalue weighted by atomic mass is 16.4. The fourth-order valence-corrected chi connectivity index (χ4v) is 3.95. The van der Waals surface area contributed by atoms with Gasteiger partial charge in [-0.25, -0.2) is 4.79 Å². The van der Waals surface area contributed by atoms with Gasteiger partial charge in [0.1, 0.15) is 11.2 Å². The summed E-state index contributed by atoms with van der Waals surface area (Å²) in [6.07, 6.45) is 0. The summed E-state index contributed by atoms with van der Waals surface area (Å²) in [5, 5.41) is 15.0. The zero-order valence-corrected chi connectivity index (χ0v) is 17.0. The molecule has 5 nitrogen and oxygen atoms in total. The lowest BCUT2D eigenvalue weighted by atomic mass is 9.96. The van der Waals surface area contributed by atoms with E-state index in [1.807, 2.05) is 80.6 Å². The summed E-state index contributed by atoms with van der Waals surface area (Å²) in [6, 6.07) is 22.5. The van der Waals surface area contributed by atoms with Crippen molar-refractivity contribution in [3.8, 4) is 11.1 Å². The van der Waals surface area contributed by atoms with Crippen molar-refractivity contribution < 1.29 is 14.0 Å². The standard InChI is InChI=1S/C26H19NO4/c1-15-8-10-18(11-9-15)24(27-29)26-22(17-6-4-3-5-7-17)23-20(30-26)13-12-19-16(2)14-21(28)31-25(19)23/h3-14,29H,1-2H3/b27-24+. The van der Waals surface area contributed by atoms with Gasteiger partial charge < -0.3 is 14.0 Å². The molecule has 2 aromatic heterocycles. The van der Waals surface area contributed by atoms with Crippen molar-refractivity contribution in [3.05, 3.63) is 106 Å². The zero-order chi connectivity index (χ0) is 21.5. The average molecular weight is 409 g/mol. The van der Waals surface area contributed by atoms with Crippen LogP contribution in [0.1, 0.15) is 22.5 Å². The minimum Gasteiger partial charge on any atom is -0.453 e. The van der Waals surface area contributed by atoms with E-state index >= 15 is 0 Å². The minimum absolute atomic E-state index is 0.304. The second-order valence-corrected chi connectivity index (χ2v) is 7.55. The average Bonchev–Trinajstić information content (AvgIpc) is 3.16. The predicted molar refractivity (Wildman–Crippen MR) is 121 cm³/mol. The highest BCUT2D eigenvalue weighted by Gasteiger charge is 2.25. The number of nitrogens with zero attached hydrogens (tertiary/aromatic N) is 1. The summed E-state index contributed by atoms with van der Waals surface area (Å²) in [5.41, 5.74) is 5.09. The molecule has 5 rings (SSSR count). The third-order valence-electron chi connectivity index (χ3n) is 5.47. The Morgan fingerprint density at radius 2 is 1.65 bits per heavy atom. The molecule has 0 unspecified atom stereocenters. The predicted octanol–water partition coefficient (Wildman–Crippen LogP) is 6.05. The van der Waals surface area contributed by atoms with Crippen molar-refractivity contribution in [2.24, 2.45) is 5.16 Å². The molecule has 3 aromatic carbocycles. The van der Waals surface area contributed by atoms with Gasteiger partial charge in [-0.2, -0.15) is 0 Å². The summed E-state index contributed by atoms with van der Waals surface area (Å²) < 4.78 is 11.9. The molecular formula is C26H19NO4. The second kappa shape index (κ2) is 7.29. The smallest absolute Gasteiger partial charge is 0.336 e. The molecule has 0 aliphatic rings. The topological polar surface area (TPSA) is 75.9 Å². The van der Waals surface area contributed by atoms with Gasteiger partial charge in [-0.15, -0.1) is 0 Å². The maximum Gasteiger partial charge on any atom is 0.336 e. The van der Waals surface area contributed by atoms with Gasteiger partial charge >= 0.3 is 5.63 Å². The van der Waals surface area contributed by atoms with Crippen molar-refractivity contribution >= 4 is 27.7 Å². The van der Waals surface area contributed by atoms with Crippen molar-refractivity contribution in [3.63, 3.8) is 0 Å². The third kappa shape index (κ3) is 3.11. The van der Waals surface area contributed by atoms with E-state index in [2.05, 4.69) is 5.16 Å². The third-order valence-corrected chi connectivity index (χ3v) is 5.47. The van der Waals surface area contributed by atoms with Crippen molar-refractivity contribution in [1.29, 1.82) is 0 Å². The fourth-order valence-electron chi connectivity index (χ4n) is 3.95. The first kappa shape index (κ1) is 18.9. The SMILES string of the molecule is Cc1ccc(/C(=N\O)c2oc3ccc4c(C)cc(=O)oc4c3c2-c2ccccc2)cc1. The molecule has 1 N–H and O–H groups in total. The van der Waals surface area contributed by atoms with Crippen LogP contribution in [-0.4, -0.2) is 10.9 Å². The van der Waals surface area contributed by atoms with Gasteiger partial charge in [0.2, 0.25) is 0 Å². The molecule has 0 bridgehead atoms. The van der Waals surface area contributed by atoms with Gasteiger partial charge in [0.25, 0.3) is 0 Å². The summed E-state index contributed by atoms with van der Waals surface area (Å²) in [6.45, 7) is 3.87. The monoisotopic (exact) mass is 409 g/mol. The summed E-state index contributed by atoms with van der Waals surface area (Å²) in [7, 11) is 0. The molecule has 0 saturated carbocycles. The van der Waals surface area contributed by atoms with Crippen LogP contribution in [0.15, 0.2) is 91.6 Å². The molecule has 0 atom stereocenters. The van der Waals surface area contributed by atoms with Crippen LogP contribution in [0.3, 0.4) is 0 Å². The Bertz CT molecular complexity index is 1510. The highest BCUT2D eigenvalue weighted by Crippen LogP contribution is 2.40. The van der Waals surface area contributed by atoms with Crippen LogP contribution in [0.5, 0.6) is 0 Å². The minimum atomic E-state index is -0.422. The second-order valence-electron chi connectivity index (χ2n) is 7.55. The Morgan fingerprint density at radius 3 is 2.35 bits per heavy atom. The van der Waals surface area contributed by atoms with E-state index in [9.17, 15) is 10.0 Å². The van der Waals surface area contributed by atoms with Crippen LogP contribution in [0.25, 0.3) is 33.1 Å². The number of fused-ring (bicyclic) bond motifs is 3. The molecule has 5 aromatic rings. The van der Waals surface area contributed by atoms with Gasteiger partial charge in [-0.1, -0.05) is 65.3 Å². The number of furan rings is 1. The Labute approximate surface area is 177 Å². The molecule has 0 spiro atoms.